The van der Waals surface area contributed by atoms with Crippen LogP contribution >= 0.6 is 11.8 Å². The number of piperidine rings is 1. The third-order valence-electron chi connectivity index (χ3n) is 12.3. The molecule has 4 atom stereocenters. The molecule has 0 radical (unpaired) electrons. The van der Waals surface area contributed by atoms with Gasteiger partial charge in [0.15, 0.2) is 17.8 Å². The Bertz CT molecular complexity index is 2060. The Balaban J connectivity index is 1.53. The van der Waals surface area contributed by atoms with Crippen molar-refractivity contribution in [3.05, 3.63) is 47.2 Å². The highest BCUT2D eigenvalue weighted by atomic mass is 32.2. The second-order valence-electron chi connectivity index (χ2n) is 16.2. The zero-order chi connectivity index (χ0) is 37.1. The zero-order valence-electron chi connectivity index (χ0n) is 32.1. The van der Waals surface area contributed by atoms with Gasteiger partial charge in [0.05, 0.1) is 16.6 Å². The van der Waals surface area contributed by atoms with Crippen LogP contribution < -0.4 is 9.64 Å². The summed E-state index contributed by atoms with van der Waals surface area (Å²) in [6.45, 7) is 18.8. The molecule has 2 fully saturated rings. The lowest BCUT2D eigenvalue weighted by atomic mass is 9.82. The highest BCUT2D eigenvalue weighted by molar-refractivity contribution is 7.99. The van der Waals surface area contributed by atoms with Crippen LogP contribution in [0.5, 0.6) is 5.75 Å². The molecule has 0 unspecified atom stereocenters. The average molecular weight is 743 g/mol. The Kier molecular flexibility index (Phi) is 10.4. The molecule has 1 saturated carbocycles. The molecule has 4 aromatic rings. The number of halogens is 2. The minimum atomic E-state index is -2.24. The van der Waals surface area contributed by atoms with E-state index in [0.29, 0.717) is 73.6 Å². The smallest absolute Gasteiger partial charge is 0.190 e. The Morgan fingerprint density at radius 1 is 1.00 bits per heavy atom. The Labute approximate surface area is 312 Å². The van der Waals surface area contributed by atoms with Crippen LogP contribution in [0.4, 0.5) is 14.6 Å². The van der Waals surface area contributed by atoms with Crippen LogP contribution in [0.3, 0.4) is 0 Å². The van der Waals surface area contributed by atoms with Crippen LogP contribution in [-0.4, -0.2) is 55.3 Å². The van der Waals surface area contributed by atoms with E-state index >= 15 is 8.78 Å². The van der Waals surface area contributed by atoms with Crippen molar-refractivity contribution in [2.24, 2.45) is 17.8 Å². The highest BCUT2D eigenvalue weighted by Crippen LogP contribution is 2.49. The van der Waals surface area contributed by atoms with Gasteiger partial charge in [0.1, 0.15) is 36.7 Å². The van der Waals surface area contributed by atoms with Gasteiger partial charge in [-0.3, -0.25) is 0 Å². The number of nitrogens with zero attached hydrogens (tertiary/aromatic N) is 4. The molecule has 0 amide bonds. The summed E-state index contributed by atoms with van der Waals surface area (Å²) in [5, 5.41) is 2.50. The van der Waals surface area contributed by atoms with E-state index in [0.717, 1.165) is 23.8 Å². The van der Waals surface area contributed by atoms with Crippen LogP contribution in [0.1, 0.15) is 85.9 Å². The molecule has 276 valence electrons. The predicted molar refractivity (Wildman–Crippen MR) is 212 cm³/mol. The summed E-state index contributed by atoms with van der Waals surface area (Å²) in [7, 11) is -0.681. The molecule has 6 nitrogen and oxygen atoms in total. The van der Waals surface area contributed by atoms with Gasteiger partial charge in [0, 0.05) is 30.6 Å². The molecular weight excluding hydrogens is 691 g/mol. The third-order valence-corrected chi connectivity index (χ3v) is 19.3. The van der Waals surface area contributed by atoms with Crippen molar-refractivity contribution in [2.75, 3.05) is 31.1 Å². The van der Waals surface area contributed by atoms with Gasteiger partial charge in [0.25, 0.3) is 0 Å². The lowest BCUT2D eigenvalue weighted by Crippen LogP contribution is -2.49. The number of hydrogen-bond donors (Lipinski definition) is 0. The van der Waals surface area contributed by atoms with Crippen LogP contribution in [0.25, 0.3) is 32.9 Å². The van der Waals surface area contributed by atoms with E-state index in [1.165, 1.54) is 37.1 Å². The van der Waals surface area contributed by atoms with E-state index in [9.17, 15) is 0 Å². The number of thioether (sulfide) groups is 1. The van der Waals surface area contributed by atoms with E-state index in [-0.39, 0.29) is 29.5 Å². The molecule has 0 N–H and O–H groups in total. The highest BCUT2D eigenvalue weighted by Gasteiger charge is 2.46. The molecule has 1 saturated heterocycles. The predicted octanol–water partition coefficient (Wildman–Crippen LogP) is 10.6. The van der Waals surface area contributed by atoms with Crippen molar-refractivity contribution in [1.82, 2.24) is 15.0 Å². The van der Waals surface area contributed by atoms with Crippen LogP contribution in [0, 0.1) is 40.9 Å². The lowest BCUT2D eigenvalue weighted by Gasteiger charge is -2.43. The monoisotopic (exact) mass is 742 g/mol. The number of anilines is 1. The van der Waals surface area contributed by atoms with Crippen molar-refractivity contribution >= 4 is 47.3 Å². The fourth-order valence-electron chi connectivity index (χ4n) is 10.1. The van der Waals surface area contributed by atoms with Gasteiger partial charge in [0.2, 0.25) is 0 Å². The number of methoxy groups -OCH3 is 1. The van der Waals surface area contributed by atoms with Crippen LogP contribution in [-0.2, 0) is 11.2 Å². The first-order valence-corrected chi connectivity index (χ1v) is 22.3. The summed E-state index contributed by atoms with van der Waals surface area (Å²) in [6, 6.07) is 7.10. The van der Waals surface area contributed by atoms with Gasteiger partial charge < -0.3 is 14.4 Å². The van der Waals surface area contributed by atoms with E-state index in [4.69, 9.17) is 24.4 Å². The molecule has 2 aliphatic heterocycles. The van der Waals surface area contributed by atoms with Gasteiger partial charge in [-0.1, -0.05) is 79.1 Å². The second kappa shape index (κ2) is 14.5. The van der Waals surface area contributed by atoms with E-state index in [2.05, 4.69) is 71.8 Å². The maximum absolute atomic E-state index is 17.6. The zero-order valence-corrected chi connectivity index (χ0v) is 33.9. The minimum Gasteiger partial charge on any atom is -0.468 e. The Morgan fingerprint density at radius 2 is 1.75 bits per heavy atom. The van der Waals surface area contributed by atoms with Crippen molar-refractivity contribution in [3.8, 4) is 28.5 Å². The maximum atomic E-state index is 17.6. The van der Waals surface area contributed by atoms with Crippen molar-refractivity contribution < 1.29 is 18.3 Å². The number of hydrogen-bond acceptors (Lipinski definition) is 7. The SMILES string of the molecule is CCSc1nc2c3c(nc(-c4cc(OCOC)cc5ccc(F)c(C#C[Si](C(C)C)(C(C)C)C(C)C)c45)c(F)c3n1)C[C@@H](C)[C@H]1[C@@H]3CC[C@@H](C3)CN21. The molecule has 0 spiro atoms. The summed E-state index contributed by atoms with van der Waals surface area (Å²) >= 11 is 1.52. The molecule has 2 bridgehead atoms. The van der Waals surface area contributed by atoms with Crippen molar-refractivity contribution in [1.29, 1.82) is 0 Å². The first-order chi connectivity index (χ1) is 24.9. The van der Waals surface area contributed by atoms with Crippen LogP contribution in [0.15, 0.2) is 29.4 Å². The van der Waals surface area contributed by atoms with Crippen LogP contribution in [0.2, 0.25) is 16.6 Å². The normalized spacial score (nSPS) is 21.2. The largest absolute Gasteiger partial charge is 0.468 e. The van der Waals surface area contributed by atoms with Gasteiger partial charge in [-0.2, -0.15) is 0 Å². The molecule has 1 aliphatic carbocycles. The molecule has 4 heterocycles. The van der Waals surface area contributed by atoms with E-state index in [1.54, 1.807) is 19.2 Å². The standard InChI is InChI=1S/C42H52F2N4O2SSi/c1-10-51-42-46-39-36-34(17-26(8)40-29-12-11-27(18-29)21-48(40)41(36)47-42)45-38(37(39)44)32-20-30(50-22-49-9)19-28-13-14-33(43)31(35(28)32)15-16-52(23(2)3,24(4)5)25(6)7/h13-14,19-20,23-27,29,40H,10-12,17-18,21-22H2,1-9H3/t26-,27+,29-,40+/m1/s1. The molecule has 7 rings (SSSR count). The van der Waals surface area contributed by atoms with Crippen molar-refractivity contribution in [3.63, 3.8) is 0 Å². The maximum Gasteiger partial charge on any atom is 0.190 e. The molecular formula is C42H52F2N4O2SSi. The molecule has 2 aromatic heterocycles. The number of pyridine rings is 1. The summed E-state index contributed by atoms with van der Waals surface area (Å²) < 4.78 is 45.1. The number of aromatic nitrogens is 3. The number of fused-ring (bicyclic) bond motifs is 6. The Morgan fingerprint density at radius 3 is 2.44 bits per heavy atom. The van der Waals surface area contributed by atoms with Gasteiger partial charge in [-0.15, -0.1) is 5.54 Å². The van der Waals surface area contributed by atoms with E-state index < -0.39 is 19.7 Å². The fraction of sp³-hybridized carbons (Fsp3) is 0.548. The Hall–Kier alpha value is -3.26. The van der Waals surface area contributed by atoms with Gasteiger partial charge >= 0.3 is 0 Å². The summed E-state index contributed by atoms with van der Waals surface area (Å²) in [6.07, 6.45) is 4.37. The number of benzene rings is 2. The second-order valence-corrected chi connectivity index (χ2v) is 23.0. The first kappa shape index (κ1) is 37.1. The number of rotatable bonds is 9. The first-order valence-electron chi connectivity index (χ1n) is 19.1. The molecule has 2 aromatic carbocycles. The summed E-state index contributed by atoms with van der Waals surface area (Å²) in [5.41, 5.74) is 6.72. The lowest BCUT2D eigenvalue weighted by molar-refractivity contribution is 0.0512. The number of ether oxygens (including phenoxy) is 2. The van der Waals surface area contributed by atoms with Gasteiger partial charge in [-0.05, 0) is 89.4 Å². The van der Waals surface area contributed by atoms with Gasteiger partial charge in [-0.25, -0.2) is 23.7 Å². The quantitative estimate of drug-likeness (QED) is 0.0556. The summed E-state index contributed by atoms with van der Waals surface area (Å²) in [5.74, 6) is 5.98. The average Bonchev–Trinajstić information content (AvgIpc) is 3.42. The third kappa shape index (κ3) is 6.18. The minimum absolute atomic E-state index is 0.00799. The topological polar surface area (TPSA) is 60.4 Å². The molecule has 52 heavy (non-hydrogen) atoms. The molecule has 3 aliphatic rings. The summed E-state index contributed by atoms with van der Waals surface area (Å²) in [4.78, 5) is 17.7. The van der Waals surface area contributed by atoms with Crippen molar-refractivity contribution in [2.45, 2.75) is 109 Å². The molecule has 10 heteroatoms. The van der Waals surface area contributed by atoms with E-state index in [1.807, 2.05) is 6.07 Å². The fourth-order valence-corrected chi connectivity index (χ4v) is 15.9.